The van der Waals surface area contributed by atoms with Gasteiger partial charge in [0.25, 0.3) is 0 Å². The van der Waals surface area contributed by atoms with Crippen LogP contribution in [0.4, 0.5) is 13.2 Å². The fraction of sp³-hybridized carbons (Fsp3) is 0.304. The first-order valence-electron chi connectivity index (χ1n) is 9.84. The number of ether oxygens (including phenoxy) is 1. The summed E-state index contributed by atoms with van der Waals surface area (Å²) in [7, 11) is 0. The molecule has 0 spiro atoms. The number of alkyl halides is 3. The van der Waals surface area contributed by atoms with Crippen molar-refractivity contribution >= 4 is 0 Å². The second kappa shape index (κ2) is 10.8. The molecule has 0 bridgehead atoms. The number of benzene rings is 1. The van der Waals surface area contributed by atoms with Crippen LogP contribution in [0.5, 0.6) is 0 Å². The Morgan fingerprint density at radius 3 is 2.30 bits per heavy atom. The molecule has 4 nitrogen and oxygen atoms in total. The van der Waals surface area contributed by atoms with Crippen LogP contribution in [0.2, 0.25) is 0 Å². The summed E-state index contributed by atoms with van der Waals surface area (Å²) in [5, 5.41) is 3.16. The van der Waals surface area contributed by atoms with Gasteiger partial charge in [-0.15, -0.1) is 0 Å². The zero-order valence-corrected chi connectivity index (χ0v) is 16.5. The molecule has 3 aromatic rings. The van der Waals surface area contributed by atoms with E-state index in [-0.39, 0.29) is 0 Å². The van der Waals surface area contributed by atoms with E-state index in [1.165, 1.54) is 6.07 Å². The highest BCUT2D eigenvalue weighted by molar-refractivity contribution is 5.64. The summed E-state index contributed by atoms with van der Waals surface area (Å²) in [4.78, 5) is 8.57. The van der Waals surface area contributed by atoms with Gasteiger partial charge >= 0.3 is 6.18 Å². The predicted molar refractivity (Wildman–Crippen MR) is 110 cm³/mol. The fourth-order valence-corrected chi connectivity index (χ4v) is 3.07. The maximum Gasteiger partial charge on any atom is 0.416 e. The average Bonchev–Trinajstić information content (AvgIpc) is 2.80. The summed E-state index contributed by atoms with van der Waals surface area (Å²) in [5.74, 6) is 0. The lowest BCUT2D eigenvalue weighted by molar-refractivity contribution is -0.137. The molecule has 0 aliphatic carbocycles. The molecule has 3 heterocycles. The first-order chi connectivity index (χ1) is 14.5. The van der Waals surface area contributed by atoms with Gasteiger partial charge in [0, 0.05) is 36.7 Å². The summed E-state index contributed by atoms with van der Waals surface area (Å²) in [6.07, 6.45) is 0.333. The second-order valence-electron chi connectivity index (χ2n) is 6.77. The molecule has 158 valence electrons. The molecule has 7 heteroatoms. The number of rotatable bonds is 4. The monoisotopic (exact) mass is 415 g/mol. The number of pyridine rings is 2. The molecule has 0 saturated carbocycles. The first-order valence-corrected chi connectivity index (χ1v) is 9.84. The van der Waals surface area contributed by atoms with Gasteiger partial charge in [-0.05, 0) is 48.7 Å². The van der Waals surface area contributed by atoms with Crippen LogP contribution in [0.1, 0.15) is 16.8 Å². The lowest BCUT2D eigenvalue weighted by Crippen LogP contribution is -2.30. The van der Waals surface area contributed by atoms with Gasteiger partial charge in [0.05, 0.1) is 24.5 Å². The van der Waals surface area contributed by atoms with Gasteiger partial charge in [0.15, 0.2) is 0 Å². The lowest BCUT2D eigenvalue weighted by Gasteiger charge is -2.11. The molecule has 4 rings (SSSR count). The van der Waals surface area contributed by atoms with Crippen LogP contribution >= 0.6 is 0 Å². The number of halogens is 3. The molecule has 1 N–H and O–H groups in total. The number of hydrogen-bond donors (Lipinski definition) is 1. The van der Waals surface area contributed by atoms with E-state index in [4.69, 9.17) is 4.74 Å². The topological polar surface area (TPSA) is 47.0 Å². The van der Waals surface area contributed by atoms with E-state index in [2.05, 4.69) is 15.3 Å². The third-order valence-corrected chi connectivity index (χ3v) is 4.58. The number of aromatic nitrogens is 2. The zero-order valence-electron chi connectivity index (χ0n) is 16.5. The molecule has 1 aliphatic heterocycles. The van der Waals surface area contributed by atoms with Crippen molar-refractivity contribution in [1.29, 1.82) is 0 Å². The molecule has 0 unspecified atom stereocenters. The van der Waals surface area contributed by atoms with Crippen molar-refractivity contribution in [3.63, 3.8) is 0 Å². The van der Waals surface area contributed by atoms with Gasteiger partial charge in [-0.2, -0.15) is 13.2 Å². The minimum Gasteiger partial charge on any atom is -0.379 e. The Hall–Kier alpha value is -2.77. The van der Waals surface area contributed by atoms with Crippen LogP contribution in [0.25, 0.3) is 11.3 Å². The van der Waals surface area contributed by atoms with Gasteiger partial charge in [0.2, 0.25) is 0 Å². The van der Waals surface area contributed by atoms with Crippen LogP contribution in [-0.2, 0) is 23.8 Å². The van der Waals surface area contributed by atoms with Crippen LogP contribution in [0.15, 0.2) is 67.0 Å². The number of aryl methyl sites for hydroxylation is 2. The van der Waals surface area contributed by atoms with E-state index in [0.717, 1.165) is 49.7 Å². The van der Waals surface area contributed by atoms with E-state index in [1.807, 2.05) is 24.3 Å². The van der Waals surface area contributed by atoms with Crippen LogP contribution in [0.3, 0.4) is 0 Å². The van der Waals surface area contributed by atoms with Gasteiger partial charge < -0.3 is 10.1 Å². The van der Waals surface area contributed by atoms with Crippen molar-refractivity contribution in [2.75, 3.05) is 26.3 Å². The third kappa shape index (κ3) is 6.64. The maximum absolute atomic E-state index is 12.9. The Kier molecular flexibility index (Phi) is 7.93. The first kappa shape index (κ1) is 21.9. The maximum atomic E-state index is 12.9. The standard InChI is InChI=1S/C19H15F3N2.C4H9NO/c20-19(21,22)16-7-3-5-15(13-16)18-14(6-4-12-24-18)9-10-17-8-1-2-11-23-17;1-3-6-4-2-5-1/h1-8,11-13H,9-10H2;5H,1-4H2. The Morgan fingerprint density at radius 2 is 1.67 bits per heavy atom. The lowest BCUT2D eigenvalue weighted by atomic mass is 9.99. The summed E-state index contributed by atoms with van der Waals surface area (Å²) >= 11 is 0. The molecule has 0 amide bonds. The van der Waals surface area contributed by atoms with E-state index < -0.39 is 11.7 Å². The molecule has 1 saturated heterocycles. The van der Waals surface area contributed by atoms with E-state index >= 15 is 0 Å². The molecule has 0 radical (unpaired) electrons. The molecule has 1 aliphatic rings. The highest BCUT2D eigenvalue weighted by Gasteiger charge is 2.30. The average molecular weight is 415 g/mol. The van der Waals surface area contributed by atoms with Crippen molar-refractivity contribution in [2.45, 2.75) is 19.0 Å². The largest absolute Gasteiger partial charge is 0.416 e. The summed E-state index contributed by atoms with van der Waals surface area (Å²) in [6.45, 7) is 3.83. The van der Waals surface area contributed by atoms with Crippen molar-refractivity contribution < 1.29 is 17.9 Å². The zero-order chi connectivity index (χ0) is 21.2. The smallest absolute Gasteiger partial charge is 0.379 e. The number of hydrogen-bond acceptors (Lipinski definition) is 4. The van der Waals surface area contributed by atoms with Gasteiger partial charge in [-0.25, -0.2) is 0 Å². The van der Waals surface area contributed by atoms with Gasteiger partial charge in [-0.3, -0.25) is 9.97 Å². The van der Waals surface area contributed by atoms with Gasteiger partial charge in [0.1, 0.15) is 0 Å². The second-order valence-corrected chi connectivity index (χ2v) is 6.77. The summed E-state index contributed by atoms with van der Waals surface area (Å²) in [5.41, 5.74) is 2.24. The predicted octanol–water partition coefficient (Wildman–Crippen LogP) is 4.55. The highest BCUT2D eigenvalue weighted by Crippen LogP contribution is 2.32. The summed E-state index contributed by atoms with van der Waals surface area (Å²) < 4.78 is 43.8. The minimum absolute atomic E-state index is 0.474. The van der Waals surface area contributed by atoms with Crippen LogP contribution in [-0.4, -0.2) is 36.3 Å². The molecule has 1 aromatic carbocycles. The Morgan fingerprint density at radius 1 is 0.867 bits per heavy atom. The Bertz CT molecular complexity index is 901. The number of nitrogens with one attached hydrogen (secondary N) is 1. The molecule has 1 fully saturated rings. The number of morpholine rings is 1. The molecular weight excluding hydrogens is 391 g/mol. The Balaban J connectivity index is 0.000000367. The number of nitrogens with zero attached hydrogens (tertiary/aromatic N) is 2. The van der Waals surface area contributed by atoms with E-state index in [1.54, 1.807) is 24.5 Å². The van der Waals surface area contributed by atoms with Crippen LogP contribution < -0.4 is 5.32 Å². The summed E-state index contributed by atoms with van der Waals surface area (Å²) in [6, 6.07) is 14.7. The van der Waals surface area contributed by atoms with Crippen molar-refractivity contribution in [3.05, 3.63) is 83.8 Å². The van der Waals surface area contributed by atoms with Crippen molar-refractivity contribution in [3.8, 4) is 11.3 Å². The molecule has 2 aromatic heterocycles. The highest BCUT2D eigenvalue weighted by atomic mass is 19.4. The molecule has 30 heavy (non-hydrogen) atoms. The molecular formula is C23H24F3N3O. The fourth-order valence-electron chi connectivity index (χ4n) is 3.07. The quantitative estimate of drug-likeness (QED) is 0.679. The Labute approximate surface area is 174 Å². The normalized spacial score (nSPS) is 14.0. The van der Waals surface area contributed by atoms with Gasteiger partial charge in [-0.1, -0.05) is 24.3 Å². The SMILES string of the molecule is C1COCCN1.FC(F)(F)c1cccc(-c2ncccc2CCc2ccccn2)c1. The molecule has 0 atom stereocenters. The van der Waals surface area contributed by atoms with E-state index in [0.29, 0.717) is 24.1 Å². The van der Waals surface area contributed by atoms with Crippen LogP contribution in [0, 0.1) is 0 Å². The minimum atomic E-state index is -4.36. The third-order valence-electron chi connectivity index (χ3n) is 4.58. The van der Waals surface area contributed by atoms with Crippen molar-refractivity contribution in [1.82, 2.24) is 15.3 Å². The van der Waals surface area contributed by atoms with E-state index in [9.17, 15) is 13.2 Å². The van der Waals surface area contributed by atoms with Crippen molar-refractivity contribution in [2.24, 2.45) is 0 Å².